The molecule has 0 aliphatic rings. The molecule has 0 saturated heterocycles. The molecule has 0 saturated carbocycles. The van der Waals surface area contributed by atoms with E-state index in [1.54, 1.807) is 24.3 Å². The van der Waals surface area contributed by atoms with E-state index in [4.69, 9.17) is 16.3 Å². The Morgan fingerprint density at radius 2 is 1.88 bits per heavy atom. The van der Waals surface area contributed by atoms with Crippen LogP contribution in [0.3, 0.4) is 0 Å². The van der Waals surface area contributed by atoms with E-state index < -0.39 is 11.7 Å². The first-order valence-corrected chi connectivity index (χ1v) is 7.76. The molecule has 0 unspecified atom stereocenters. The van der Waals surface area contributed by atoms with Gasteiger partial charge in [-0.05, 0) is 49.4 Å². The number of carbonyl (C=O) groups is 1. The van der Waals surface area contributed by atoms with Gasteiger partial charge in [-0.1, -0.05) is 11.6 Å². The Hall–Kier alpha value is -2.47. The van der Waals surface area contributed by atoms with Gasteiger partial charge in [0.2, 0.25) is 0 Å². The highest BCUT2D eigenvalue weighted by Gasteiger charge is 2.30. The maximum Gasteiger partial charge on any atom is 0.416 e. The van der Waals surface area contributed by atoms with Gasteiger partial charge < -0.3 is 10.1 Å². The summed E-state index contributed by atoms with van der Waals surface area (Å²) in [6.07, 6.45) is -2.00. The van der Waals surface area contributed by atoms with E-state index in [2.05, 4.69) is 5.32 Å². The topological polar surface area (TPSA) is 38.3 Å². The summed E-state index contributed by atoms with van der Waals surface area (Å²) >= 11 is 5.86. The van der Waals surface area contributed by atoms with Crippen LogP contribution in [0, 0.1) is 0 Å². The van der Waals surface area contributed by atoms with E-state index in [0.29, 0.717) is 17.9 Å². The quantitative estimate of drug-likeness (QED) is 0.534. The number of allylic oxidation sites excluding steroid dienone is 1. The first kappa shape index (κ1) is 18.9. The van der Waals surface area contributed by atoms with Crippen LogP contribution in [0.25, 0.3) is 0 Å². The number of ether oxygens (including phenoxy) is 1. The second-order valence-electron chi connectivity index (χ2n) is 4.99. The van der Waals surface area contributed by atoms with Crippen molar-refractivity contribution in [2.75, 3.05) is 11.9 Å². The molecule has 2 aromatic carbocycles. The summed E-state index contributed by atoms with van der Waals surface area (Å²) in [4.78, 5) is 12.0. The summed E-state index contributed by atoms with van der Waals surface area (Å²) in [6.45, 7) is 2.38. The molecule has 1 N–H and O–H groups in total. The van der Waals surface area contributed by atoms with Crippen LogP contribution in [0.4, 0.5) is 18.9 Å². The van der Waals surface area contributed by atoms with Gasteiger partial charge in [0.15, 0.2) is 5.78 Å². The Bertz CT molecular complexity index is 771. The fraction of sp³-hybridized carbons (Fsp3) is 0.167. The van der Waals surface area contributed by atoms with Crippen molar-refractivity contribution in [3.8, 4) is 5.75 Å². The number of rotatable bonds is 6. The smallest absolute Gasteiger partial charge is 0.416 e. The van der Waals surface area contributed by atoms with Crippen molar-refractivity contribution in [3.63, 3.8) is 0 Å². The van der Waals surface area contributed by atoms with Crippen LogP contribution in [-0.2, 0) is 6.18 Å². The first-order valence-electron chi connectivity index (χ1n) is 7.38. The molecule has 0 fully saturated rings. The van der Waals surface area contributed by atoms with Crippen LogP contribution < -0.4 is 10.1 Å². The third kappa shape index (κ3) is 5.26. The largest absolute Gasteiger partial charge is 0.494 e. The predicted molar refractivity (Wildman–Crippen MR) is 91.2 cm³/mol. The second-order valence-corrected chi connectivity index (χ2v) is 5.40. The lowest BCUT2D eigenvalue weighted by atomic mass is 10.1. The van der Waals surface area contributed by atoms with Crippen molar-refractivity contribution in [2.24, 2.45) is 0 Å². The zero-order valence-corrected chi connectivity index (χ0v) is 14.0. The lowest BCUT2D eigenvalue weighted by Crippen LogP contribution is -2.05. The molecule has 2 aromatic rings. The summed E-state index contributed by atoms with van der Waals surface area (Å²) in [5.74, 6) is 0.343. The zero-order chi connectivity index (χ0) is 18.4. The van der Waals surface area contributed by atoms with E-state index in [-0.39, 0.29) is 16.5 Å². The maximum atomic E-state index is 12.7. The summed E-state index contributed by atoms with van der Waals surface area (Å²) in [5.41, 5.74) is -0.338. The van der Waals surface area contributed by atoms with Crippen LogP contribution in [0.1, 0.15) is 22.8 Å². The normalized spacial score (nSPS) is 11.6. The Balaban J connectivity index is 2.06. The molecule has 0 heterocycles. The molecule has 0 amide bonds. The van der Waals surface area contributed by atoms with Crippen molar-refractivity contribution in [3.05, 3.63) is 70.9 Å². The van der Waals surface area contributed by atoms with Gasteiger partial charge in [-0.3, -0.25) is 4.79 Å². The number of anilines is 1. The average Bonchev–Trinajstić information content (AvgIpc) is 2.56. The number of hydrogen-bond acceptors (Lipinski definition) is 3. The fourth-order valence-electron chi connectivity index (χ4n) is 2.00. The molecular formula is C18H15ClF3NO2. The number of alkyl halides is 3. The first-order chi connectivity index (χ1) is 11.8. The summed E-state index contributed by atoms with van der Waals surface area (Å²) in [7, 11) is 0. The lowest BCUT2D eigenvalue weighted by Gasteiger charge is -2.10. The molecule has 132 valence electrons. The number of ketones is 1. The Kier molecular flexibility index (Phi) is 6.09. The Morgan fingerprint density at radius 3 is 2.48 bits per heavy atom. The van der Waals surface area contributed by atoms with Gasteiger partial charge in [-0.25, -0.2) is 0 Å². The summed E-state index contributed by atoms with van der Waals surface area (Å²) in [6, 6.07) is 9.47. The predicted octanol–water partition coefficient (Wildman–Crippen LogP) is 5.57. The number of nitrogens with one attached hydrogen (secondary N) is 1. The highest BCUT2D eigenvalue weighted by molar-refractivity contribution is 6.33. The molecule has 0 aromatic heterocycles. The lowest BCUT2D eigenvalue weighted by molar-refractivity contribution is -0.137. The molecule has 25 heavy (non-hydrogen) atoms. The minimum Gasteiger partial charge on any atom is -0.494 e. The average molecular weight is 370 g/mol. The molecule has 3 nitrogen and oxygen atoms in total. The van der Waals surface area contributed by atoms with E-state index in [0.717, 1.165) is 18.2 Å². The minimum atomic E-state index is -4.47. The maximum absolute atomic E-state index is 12.7. The fourth-order valence-corrected chi connectivity index (χ4v) is 2.17. The van der Waals surface area contributed by atoms with E-state index in [1.807, 2.05) is 6.92 Å². The molecule has 0 aliphatic heterocycles. The van der Waals surface area contributed by atoms with Crippen molar-refractivity contribution in [1.82, 2.24) is 0 Å². The van der Waals surface area contributed by atoms with Crippen LogP contribution in [0.15, 0.2) is 54.7 Å². The van der Waals surface area contributed by atoms with Crippen molar-refractivity contribution in [2.45, 2.75) is 13.1 Å². The number of carbonyl (C=O) groups excluding carboxylic acids is 1. The van der Waals surface area contributed by atoms with E-state index >= 15 is 0 Å². The molecule has 0 bridgehead atoms. The summed E-state index contributed by atoms with van der Waals surface area (Å²) in [5, 5.41) is 2.72. The molecule has 0 spiro atoms. The van der Waals surface area contributed by atoms with E-state index in [9.17, 15) is 18.0 Å². The molecule has 0 aliphatic carbocycles. The summed E-state index contributed by atoms with van der Waals surface area (Å²) < 4.78 is 43.4. The van der Waals surface area contributed by atoms with Gasteiger partial charge in [-0.2, -0.15) is 13.2 Å². The zero-order valence-electron chi connectivity index (χ0n) is 13.2. The Labute approximate surface area is 148 Å². The van der Waals surface area contributed by atoms with Crippen molar-refractivity contribution in [1.29, 1.82) is 0 Å². The van der Waals surface area contributed by atoms with Gasteiger partial charge >= 0.3 is 6.18 Å². The monoisotopic (exact) mass is 369 g/mol. The van der Waals surface area contributed by atoms with E-state index in [1.165, 1.54) is 12.3 Å². The van der Waals surface area contributed by atoms with Gasteiger partial charge in [0.1, 0.15) is 5.75 Å². The SMILES string of the molecule is CCOc1ccc(C(=O)C=CNc2cc(C(F)(F)F)ccc2Cl)cc1. The minimum absolute atomic E-state index is 0.0623. The van der Waals surface area contributed by atoms with Gasteiger partial charge in [0, 0.05) is 17.8 Å². The number of benzene rings is 2. The number of hydrogen-bond donors (Lipinski definition) is 1. The highest BCUT2D eigenvalue weighted by atomic mass is 35.5. The third-order valence-corrected chi connectivity index (χ3v) is 3.55. The number of halogens is 4. The van der Waals surface area contributed by atoms with Crippen molar-refractivity contribution >= 4 is 23.1 Å². The van der Waals surface area contributed by atoms with Gasteiger partial charge in [-0.15, -0.1) is 0 Å². The van der Waals surface area contributed by atoms with Gasteiger partial charge in [0.25, 0.3) is 0 Å². The van der Waals surface area contributed by atoms with Gasteiger partial charge in [0.05, 0.1) is 22.9 Å². The molecule has 0 atom stereocenters. The standard InChI is InChI=1S/C18H15ClF3NO2/c1-2-25-14-6-3-12(4-7-14)17(24)9-10-23-16-11-13(18(20,21)22)5-8-15(16)19/h3-11,23H,2H2,1H3. The van der Waals surface area contributed by atoms with Crippen LogP contribution in [-0.4, -0.2) is 12.4 Å². The molecule has 0 radical (unpaired) electrons. The van der Waals surface area contributed by atoms with Crippen LogP contribution in [0.2, 0.25) is 5.02 Å². The second kappa shape index (κ2) is 8.07. The highest BCUT2D eigenvalue weighted by Crippen LogP contribution is 2.33. The third-order valence-electron chi connectivity index (χ3n) is 3.22. The van der Waals surface area contributed by atoms with Crippen molar-refractivity contribution < 1.29 is 22.7 Å². The molecule has 7 heteroatoms. The Morgan fingerprint density at radius 1 is 1.20 bits per heavy atom. The molecule has 2 rings (SSSR count). The molecular weight excluding hydrogens is 355 g/mol. The van der Waals surface area contributed by atoms with Crippen LogP contribution >= 0.6 is 11.6 Å². The van der Waals surface area contributed by atoms with Crippen LogP contribution in [0.5, 0.6) is 5.75 Å².